The zero-order chi connectivity index (χ0) is 13.8. The molecule has 0 amide bonds. The average molecular weight is 278 g/mol. The van der Waals surface area contributed by atoms with Crippen LogP contribution >= 0.6 is 11.3 Å². The Morgan fingerprint density at radius 2 is 2.37 bits per heavy atom. The van der Waals surface area contributed by atoms with Gasteiger partial charge in [0.15, 0.2) is 0 Å². The molecule has 0 fully saturated rings. The minimum atomic E-state index is -0.474. The zero-order valence-corrected chi connectivity index (χ0v) is 11.5. The van der Waals surface area contributed by atoms with Crippen LogP contribution in [0, 0.1) is 6.92 Å². The predicted octanol–water partition coefficient (Wildman–Crippen LogP) is 1.83. The molecule has 0 aromatic carbocycles. The molecule has 2 rings (SSSR count). The first-order valence-electron chi connectivity index (χ1n) is 5.59. The highest BCUT2D eigenvalue weighted by Gasteiger charge is 2.14. The Bertz CT molecular complexity index is 597. The number of hydrogen-bond acceptors (Lipinski definition) is 7. The highest BCUT2D eigenvalue weighted by molar-refractivity contribution is 7.09. The third-order valence-electron chi connectivity index (χ3n) is 2.39. The fourth-order valence-corrected chi connectivity index (χ4v) is 2.24. The van der Waals surface area contributed by atoms with Gasteiger partial charge in [0.25, 0.3) is 0 Å². The van der Waals surface area contributed by atoms with E-state index >= 15 is 0 Å². The van der Waals surface area contributed by atoms with E-state index in [0.717, 1.165) is 10.7 Å². The van der Waals surface area contributed by atoms with E-state index in [9.17, 15) is 4.79 Å². The van der Waals surface area contributed by atoms with Crippen molar-refractivity contribution in [3.8, 4) is 0 Å². The number of carbonyl (C=O) groups excluding carboxylic acids is 1. The number of ether oxygens (including phenoxy) is 1. The van der Waals surface area contributed by atoms with Gasteiger partial charge in [0.2, 0.25) is 0 Å². The summed E-state index contributed by atoms with van der Waals surface area (Å²) < 4.78 is 4.70. The smallest absolute Gasteiger partial charge is 0.341 e. The van der Waals surface area contributed by atoms with E-state index in [1.165, 1.54) is 19.4 Å². The number of nitrogens with zero attached hydrogens (tertiary/aromatic N) is 2. The van der Waals surface area contributed by atoms with Crippen molar-refractivity contribution in [2.45, 2.75) is 13.5 Å². The van der Waals surface area contributed by atoms with Crippen molar-refractivity contribution in [1.82, 2.24) is 9.97 Å². The minimum absolute atomic E-state index is 0.316. The van der Waals surface area contributed by atoms with E-state index in [1.807, 2.05) is 12.3 Å². The highest BCUT2D eigenvalue weighted by Crippen LogP contribution is 2.18. The van der Waals surface area contributed by atoms with Gasteiger partial charge in [-0.25, -0.2) is 14.8 Å². The Kier molecular flexibility index (Phi) is 3.96. The maximum absolute atomic E-state index is 11.6. The molecule has 100 valence electrons. The molecule has 0 saturated heterocycles. The summed E-state index contributed by atoms with van der Waals surface area (Å²) >= 11 is 1.55. The lowest BCUT2D eigenvalue weighted by molar-refractivity contribution is 0.0601. The first kappa shape index (κ1) is 13.3. The molecule has 0 spiro atoms. The van der Waals surface area contributed by atoms with Crippen LogP contribution in [-0.2, 0) is 11.3 Å². The molecule has 0 bridgehead atoms. The average Bonchev–Trinajstić information content (AvgIpc) is 2.82. The molecule has 0 aliphatic heterocycles. The summed E-state index contributed by atoms with van der Waals surface area (Å²) in [5, 5.41) is 5.96. The number of nitrogens with one attached hydrogen (secondary N) is 1. The zero-order valence-electron chi connectivity index (χ0n) is 10.6. The second-order valence-corrected chi connectivity index (χ2v) is 4.84. The maximum atomic E-state index is 11.6. The van der Waals surface area contributed by atoms with Gasteiger partial charge in [0.1, 0.15) is 16.4 Å². The van der Waals surface area contributed by atoms with Crippen LogP contribution in [-0.4, -0.2) is 23.0 Å². The Labute approximate surface area is 114 Å². The maximum Gasteiger partial charge on any atom is 0.341 e. The number of aryl methyl sites for hydroxylation is 1. The number of esters is 1. The van der Waals surface area contributed by atoms with Crippen LogP contribution in [0.15, 0.2) is 17.6 Å². The molecule has 2 aromatic heterocycles. The number of nitrogens with two attached hydrogens (primary N) is 1. The van der Waals surface area contributed by atoms with E-state index < -0.39 is 5.97 Å². The topological polar surface area (TPSA) is 90.1 Å². The van der Waals surface area contributed by atoms with Crippen molar-refractivity contribution in [2.24, 2.45) is 0 Å². The number of hydrogen-bond donors (Lipinski definition) is 2. The molecule has 0 aliphatic carbocycles. The summed E-state index contributed by atoms with van der Waals surface area (Å²) in [6.07, 6.45) is 1.49. The summed E-state index contributed by atoms with van der Waals surface area (Å²) in [6, 6.07) is 1.54. The lowest BCUT2D eigenvalue weighted by Gasteiger charge is -2.09. The van der Waals surface area contributed by atoms with Crippen LogP contribution in [0.5, 0.6) is 0 Å². The van der Waals surface area contributed by atoms with E-state index in [2.05, 4.69) is 15.3 Å². The van der Waals surface area contributed by atoms with Crippen LogP contribution in [0.3, 0.4) is 0 Å². The number of rotatable bonds is 4. The molecule has 0 atom stereocenters. The minimum Gasteiger partial charge on any atom is -0.465 e. The van der Waals surface area contributed by atoms with Crippen molar-refractivity contribution in [2.75, 3.05) is 18.2 Å². The molecule has 0 saturated carbocycles. The third-order valence-corrected chi connectivity index (χ3v) is 3.35. The molecule has 0 unspecified atom stereocenters. The molecule has 0 radical (unpaired) electrons. The van der Waals surface area contributed by atoms with Gasteiger partial charge in [-0.1, -0.05) is 0 Å². The molecule has 19 heavy (non-hydrogen) atoms. The Morgan fingerprint density at radius 3 is 3.00 bits per heavy atom. The van der Waals surface area contributed by atoms with Gasteiger partial charge >= 0.3 is 5.97 Å². The van der Waals surface area contributed by atoms with Crippen molar-refractivity contribution >= 4 is 28.8 Å². The predicted molar refractivity (Wildman–Crippen MR) is 74.2 cm³/mol. The number of pyridine rings is 1. The quantitative estimate of drug-likeness (QED) is 0.829. The van der Waals surface area contributed by atoms with Gasteiger partial charge in [-0.15, -0.1) is 11.3 Å². The first-order valence-corrected chi connectivity index (χ1v) is 6.47. The van der Waals surface area contributed by atoms with Crippen molar-refractivity contribution < 1.29 is 9.53 Å². The Hall–Kier alpha value is -2.15. The summed E-state index contributed by atoms with van der Waals surface area (Å²) in [6.45, 7) is 2.43. The summed E-state index contributed by atoms with van der Waals surface area (Å²) in [7, 11) is 1.32. The number of aromatic nitrogens is 2. The van der Waals surface area contributed by atoms with E-state index in [0.29, 0.717) is 23.6 Å². The molecule has 6 nitrogen and oxygen atoms in total. The standard InChI is InChI=1S/C12H14N4O2S/c1-7-6-19-10(16-7)5-15-11-9(12(17)18-2)3-8(13)4-14-11/h3-4,6H,5,13H2,1-2H3,(H,14,15). The molecular weight excluding hydrogens is 264 g/mol. The monoisotopic (exact) mass is 278 g/mol. The lowest BCUT2D eigenvalue weighted by Crippen LogP contribution is -2.10. The van der Waals surface area contributed by atoms with Crippen molar-refractivity contribution in [1.29, 1.82) is 0 Å². The molecule has 0 aliphatic rings. The molecule has 3 N–H and O–H groups in total. The van der Waals surface area contributed by atoms with Crippen LogP contribution < -0.4 is 11.1 Å². The molecule has 2 heterocycles. The molecule has 2 aromatic rings. The van der Waals surface area contributed by atoms with E-state index in [-0.39, 0.29) is 0 Å². The lowest BCUT2D eigenvalue weighted by atomic mass is 10.2. The van der Waals surface area contributed by atoms with Gasteiger partial charge in [-0.3, -0.25) is 0 Å². The number of nitrogen functional groups attached to an aromatic ring is 1. The summed E-state index contributed by atoms with van der Waals surface area (Å²) in [5.41, 5.74) is 7.32. The van der Waals surface area contributed by atoms with E-state index in [4.69, 9.17) is 10.5 Å². The normalized spacial score (nSPS) is 10.2. The largest absolute Gasteiger partial charge is 0.465 e. The van der Waals surface area contributed by atoms with Gasteiger partial charge in [0, 0.05) is 11.1 Å². The van der Waals surface area contributed by atoms with Crippen LogP contribution in [0.1, 0.15) is 21.1 Å². The Balaban J connectivity index is 2.17. The molecular formula is C12H14N4O2S. The van der Waals surface area contributed by atoms with Gasteiger partial charge in [-0.2, -0.15) is 0 Å². The van der Waals surface area contributed by atoms with Crippen LogP contribution in [0.25, 0.3) is 0 Å². The second-order valence-electron chi connectivity index (χ2n) is 3.89. The summed E-state index contributed by atoms with van der Waals surface area (Å²) in [5.74, 6) is -0.0356. The fourth-order valence-electron chi connectivity index (χ4n) is 1.53. The summed E-state index contributed by atoms with van der Waals surface area (Å²) in [4.78, 5) is 20.1. The van der Waals surface area contributed by atoms with Crippen LogP contribution in [0.4, 0.5) is 11.5 Å². The Morgan fingerprint density at radius 1 is 1.58 bits per heavy atom. The van der Waals surface area contributed by atoms with Gasteiger partial charge in [0.05, 0.1) is 25.5 Å². The van der Waals surface area contributed by atoms with Crippen molar-refractivity contribution in [3.63, 3.8) is 0 Å². The number of carbonyl (C=O) groups is 1. The number of methoxy groups -OCH3 is 1. The first-order chi connectivity index (χ1) is 9.10. The van der Waals surface area contributed by atoms with Gasteiger partial charge in [-0.05, 0) is 13.0 Å². The molecule has 7 heteroatoms. The third kappa shape index (κ3) is 3.19. The van der Waals surface area contributed by atoms with Gasteiger partial charge < -0.3 is 15.8 Å². The second kappa shape index (κ2) is 5.66. The van der Waals surface area contributed by atoms with Crippen molar-refractivity contribution in [3.05, 3.63) is 33.9 Å². The SMILES string of the molecule is COC(=O)c1cc(N)cnc1NCc1nc(C)cs1. The highest BCUT2D eigenvalue weighted by atomic mass is 32.1. The van der Waals surface area contributed by atoms with E-state index in [1.54, 1.807) is 11.3 Å². The number of anilines is 2. The van der Waals surface area contributed by atoms with Crippen LogP contribution in [0.2, 0.25) is 0 Å². The number of thiazole rings is 1. The fraction of sp³-hybridized carbons (Fsp3) is 0.250.